The first-order valence-electron chi connectivity index (χ1n) is 9.03. The zero-order valence-electron chi connectivity index (χ0n) is 15.9. The zero-order valence-corrected chi connectivity index (χ0v) is 15.9. The highest BCUT2D eigenvalue weighted by Crippen LogP contribution is 2.68. The highest BCUT2D eigenvalue weighted by molar-refractivity contribution is 5.93. The van der Waals surface area contributed by atoms with Crippen molar-refractivity contribution in [3.63, 3.8) is 0 Å². The Morgan fingerprint density at radius 3 is 2.52 bits per heavy atom. The van der Waals surface area contributed by atoms with E-state index >= 15 is 0 Å². The lowest BCUT2D eigenvalue weighted by atomic mass is 9.47. The first kappa shape index (κ1) is 16.6. The first-order valence-corrected chi connectivity index (χ1v) is 9.03. The Morgan fingerprint density at radius 1 is 1.20 bits per heavy atom. The summed E-state index contributed by atoms with van der Waals surface area (Å²) < 4.78 is 11.6. The minimum atomic E-state index is -0.601. The van der Waals surface area contributed by atoms with Gasteiger partial charge < -0.3 is 9.47 Å². The van der Waals surface area contributed by atoms with Crippen molar-refractivity contribution in [1.82, 2.24) is 0 Å². The van der Waals surface area contributed by atoms with Crippen LogP contribution < -0.4 is 4.74 Å². The summed E-state index contributed by atoms with van der Waals surface area (Å²) in [6, 6.07) is 1.97. The van der Waals surface area contributed by atoms with Gasteiger partial charge in [-0.25, -0.2) is 0 Å². The largest absolute Gasteiger partial charge is 0.457 e. The molecule has 1 fully saturated rings. The van der Waals surface area contributed by atoms with E-state index in [-0.39, 0.29) is 28.9 Å². The Bertz CT molecular complexity index is 822. The summed E-state index contributed by atoms with van der Waals surface area (Å²) in [5.74, 6) is 0.260. The number of fused-ring (bicyclic) bond motifs is 1. The molecule has 25 heavy (non-hydrogen) atoms. The number of hydrogen-bond acceptors (Lipinski definition) is 4. The molecule has 0 saturated heterocycles. The summed E-state index contributed by atoms with van der Waals surface area (Å²) in [7, 11) is 0. The normalized spacial score (nSPS) is 34.3. The van der Waals surface area contributed by atoms with Crippen LogP contribution in [0.5, 0.6) is 5.75 Å². The van der Waals surface area contributed by atoms with Crippen molar-refractivity contribution in [3.05, 3.63) is 28.3 Å². The molecule has 1 aliphatic heterocycles. The van der Waals surface area contributed by atoms with Crippen LogP contribution in [0.4, 0.5) is 0 Å². The third-order valence-corrected chi connectivity index (χ3v) is 6.48. The number of aryl methyl sites for hydroxylation is 1. The SMILES string of the molecule is CC(=O)O[C@@H]1c2c(C)c(C)cc3c2[C@@]2(CC(C)(C)C[C@@]1(C)C2)C(=O)O3. The Balaban J connectivity index is 2.08. The summed E-state index contributed by atoms with van der Waals surface area (Å²) in [4.78, 5) is 24.9. The van der Waals surface area contributed by atoms with E-state index in [1.165, 1.54) is 6.92 Å². The van der Waals surface area contributed by atoms with E-state index in [0.29, 0.717) is 12.2 Å². The molecule has 0 amide bonds. The van der Waals surface area contributed by atoms with Crippen LogP contribution in [0.2, 0.25) is 0 Å². The van der Waals surface area contributed by atoms with Gasteiger partial charge in [0, 0.05) is 23.5 Å². The van der Waals surface area contributed by atoms with Crippen molar-refractivity contribution < 1.29 is 19.1 Å². The fourth-order valence-electron chi connectivity index (χ4n) is 6.12. The quantitative estimate of drug-likeness (QED) is 0.564. The molecule has 0 unspecified atom stereocenters. The van der Waals surface area contributed by atoms with Gasteiger partial charge >= 0.3 is 11.9 Å². The van der Waals surface area contributed by atoms with Gasteiger partial charge in [-0.15, -0.1) is 0 Å². The van der Waals surface area contributed by atoms with Crippen LogP contribution in [0.3, 0.4) is 0 Å². The van der Waals surface area contributed by atoms with E-state index in [1.807, 2.05) is 13.0 Å². The molecule has 1 spiro atoms. The van der Waals surface area contributed by atoms with Gasteiger partial charge in [-0.05, 0) is 55.7 Å². The number of esters is 2. The average molecular weight is 342 g/mol. The highest BCUT2D eigenvalue weighted by Gasteiger charge is 2.66. The standard InChI is InChI=1S/C21H26O4/c1-11-7-14-16-15(12(11)2)17(24-13(3)22)20(6)8-19(4,5)9-21(16,10-20)18(23)25-14/h7,17H,8-10H2,1-6H3/t17-,20+,21+/m1/s1. The van der Waals surface area contributed by atoms with Crippen molar-refractivity contribution >= 4 is 11.9 Å². The van der Waals surface area contributed by atoms with E-state index in [2.05, 4.69) is 27.7 Å². The lowest BCUT2D eigenvalue weighted by molar-refractivity contribution is -0.166. The molecule has 3 aliphatic rings. The molecule has 0 N–H and O–H groups in total. The molecule has 1 saturated carbocycles. The van der Waals surface area contributed by atoms with Crippen molar-refractivity contribution in [1.29, 1.82) is 0 Å². The van der Waals surface area contributed by atoms with E-state index in [4.69, 9.17) is 9.47 Å². The molecular weight excluding hydrogens is 316 g/mol. The maximum absolute atomic E-state index is 13.0. The van der Waals surface area contributed by atoms with Gasteiger partial charge in [-0.2, -0.15) is 0 Å². The van der Waals surface area contributed by atoms with Gasteiger partial charge in [0.25, 0.3) is 0 Å². The van der Waals surface area contributed by atoms with E-state index in [0.717, 1.165) is 35.1 Å². The fraction of sp³-hybridized carbons (Fsp3) is 0.619. The Hall–Kier alpha value is -1.84. The second kappa shape index (κ2) is 4.66. The topological polar surface area (TPSA) is 52.6 Å². The van der Waals surface area contributed by atoms with E-state index in [1.54, 1.807) is 0 Å². The van der Waals surface area contributed by atoms with Gasteiger partial charge in [0.05, 0.1) is 5.41 Å². The van der Waals surface area contributed by atoms with Gasteiger partial charge in [-0.1, -0.05) is 20.8 Å². The smallest absolute Gasteiger partial charge is 0.322 e. The second-order valence-electron chi connectivity index (χ2n) is 9.41. The Morgan fingerprint density at radius 2 is 1.88 bits per heavy atom. The molecule has 4 nitrogen and oxygen atoms in total. The van der Waals surface area contributed by atoms with Gasteiger partial charge in [0.1, 0.15) is 11.9 Å². The van der Waals surface area contributed by atoms with Crippen molar-refractivity contribution in [2.24, 2.45) is 10.8 Å². The summed E-state index contributed by atoms with van der Waals surface area (Å²) in [6.45, 7) is 12.1. The predicted molar refractivity (Wildman–Crippen MR) is 93.5 cm³/mol. The fourth-order valence-corrected chi connectivity index (χ4v) is 6.12. The lowest BCUT2D eigenvalue weighted by Gasteiger charge is -2.56. The number of carbonyl (C=O) groups excluding carboxylic acids is 2. The average Bonchev–Trinajstić information content (AvgIpc) is 2.67. The molecule has 4 rings (SSSR count). The Labute approximate surface area is 148 Å². The van der Waals surface area contributed by atoms with E-state index < -0.39 is 5.41 Å². The van der Waals surface area contributed by atoms with Gasteiger partial charge in [0.2, 0.25) is 0 Å². The molecule has 4 heteroatoms. The van der Waals surface area contributed by atoms with E-state index in [9.17, 15) is 9.59 Å². The number of rotatable bonds is 1. The van der Waals surface area contributed by atoms with Gasteiger partial charge in [0.15, 0.2) is 0 Å². The lowest BCUT2D eigenvalue weighted by Crippen LogP contribution is -2.54. The molecule has 1 aromatic carbocycles. The minimum Gasteiger partial charge on any atom is -0.457 e. The molecule has 1 aromatic rings. The third kappa shape index (κ3) is 2.06. The molecule has 3 atom stereocenters. The van der Waals surface area contributed by atoms with Crippen LogP contribution in [0.15, 0.2) is 6.07 Å². The molecule has 2 aliphatic carbocycles. The maximum atomic E-state index is 13.0. The molecular formula is C21H26O4. The maximum Gasteiger partial charge on any atom is 0.322 e. The minimum absolute atomic E-state index is 0.0253. The molecule has 0 radical (unpaired) electrons. The summed E-state index contributed by atoms with van der Waals surface area (Å²) in [5.41, 5.74) is 3.27. The summed E-state index contributed by atoms with van der Waals surface area (Å²) >= 11 is 0. The number of benzene rings is 1. The molecule has 1 heterocycles. The van der Waals surface area contributed by atoms with Crippen LogP contribution in [-0.4, -0.2) is 11.9 Å². The third-order valence-electron chi connectivity index (χ3n) is 6.48. The van der Waals surface area contributed by atoms with Gasteiger partial charge in [-0.3, -0.25) is 9.59 Å². The van der Waals surface area contributed by atoms with Crippen molar-refractivity contribution in [2.45, 2.75) is 72.3 Å². The predicted octanol–water partition coefficient (Wildman–Crippen LogP) is 4.29. The first-order chi connectivity index (χ1) is 11.5. The number of carbonyl (C=O) groups is 2. The van der Waals surface area contributed by atoms with Crippen molar-refractivity contribution in [2.75, 3.05) is 0 Å². The van der Waals surface area contributed by atoms with Crippen LogP contribution in [0.25, 0.3) is 0 Å². The van der Waals surface area contributed by atoms with Crippen LogP contribution in [0.1, 0.15) is 75.3 Å². The van der Waals surface area contributed by atoms with Crippen LogP contribution in [0, 0.1) is 24.7 Å². The second-order valence-corrected chi connectivity index (χ2v) is 9.41. The monoisotopic (exact) mass is 342 g/mol. The number of hydrogen-bond donors (Lipinski definition) is 0. The highest BCUT2D eigenvalue weighted by atomic mass is 16.6. The number of ether oxygens (including phenoxy) is 2. The van der Waals surface area contributed by atoms with Crippen molar-refractivity contribution in [3.8, 4) is 5.75 Å². The summed E-state index contributed by atoms with van der Waals surface area (Å²) in [6.07, 6.45) is 2.04. The molecule has 134 valence electrons. The van der Waals surface area contributed by atoms with Crippen LogP contribution >= 0.6 is 0 Å². The summed E-state index contributed by atoms with van der Waals surface area (Å²) in [5, 5.41) is 0. The Kier molecular flexibility index (Phi) is 3.10. The van der Waals surface area contributed by atoms with Crippen LogP contribution in [-0.2, 0) is 19.7 Å². The molecule has 0 aromatic heterocycles. The molecule has 2 bridgehead atoms. The zero-order chi connectivity index (χ0) is 18.4.